The lowest BCUT2D eigenvalue weighted by Gasteiger charge is -2.17. The number of hydrogen-bond acceptors (Lipinski definition) is 1. The third kappa shape index (κ3) is 1.23. The highest BCUT2D eigenvalue weighted by Crippen LogP contribution is 2.64. The van der Waals surface area contributed by atoms with E-state index < -0.39 is 29.6 Å². The smallest absolute Gasteiger partial charge is 0.257 e. The number of nitrogens with one attached hydrogen (secondary N) is 1. The van der Waals surface area contributed by atoms with Gasteiger partial charge < -0.3 is 5.32 Å². The Labute approximate surface area is 95.6 Å². The maximum absolute atomic E-state index is 13.2. The second-order valence-electron chi connectivity index (χ2n) is 4.34. The van der Waals surface area contributed by atoms with Crippen LogP contribution in [0.25, 0.3) is 0 Å². The van der Waals surface area contributed by atoms with Gasteiger partial charge in [-0.15, -0.1) is 0 Å². The van der Waals surface area contributed by atoms with E-state index in [4.69, 9.17) is 11.6 Å². The highest BCUT2D eigenvalue weighted by atomic mass is 35.5. The topological polar surface area (TPSA) is 12.0 Å². The molecule has 0 unspecified atom stereocenters. The normalized spacial score (nSPS) is 34.9. The van der Waals surface area contributed by atoms with Crippen LogP contribution in [0.2, 0.25) is 5.02 Å². The van der Waals surface area contributed by atoms with Crippen LogP contribution in [-0.2, 0) is 0 Å². The molecule has 5 heteroatoms. The summed E-state index contributed by atoms with van der Waals surface area (Å²) in [7, 11) is 0. The summed E-state index contributed by atoms with van der Waals surface area (Å²) in [4.78, 5) is 0. The van der Waals surface area contributed by atoms with Crippen LogP contribution >= 0.6 is 11.6 Å². The van der Waals surface area contributed by atoms with Crippen molar-refractivity contribution in [3.8, 4) is 0 Å². The van der Waals surface area contributed by atoms with Crippen LogP contribution in [0.1, 0.15) is 11.6 Å². The fourth-order valence-corrected chi connectivity index (χ4v) is 2.82. The minimum atomic E-state index is -2.62. The van der Waals surface area contributed by atoms with E-state index in [1.165, 1.54) is 12.1 Å². The summed E-state index contributed by atoms with van der Waals surface area (Å²) in [6.07, 6.45) is 0. The minimum Gasteiger partial charge on any atom is -0.309 e. The fraction of sp³-hybridized carbons (Fsp3) is 0.455. The standard InChI is InChI=1S/C11H9ClF3N/c12-9-5(2-1-3-7(9)13)10-8-6(4-16-10)11(8,14)15/h1-3,6,8,10,16H,4H2/t6-,8-,10-/m0/s1. The largest absolute Gasteiger partial charge is 0.309 e. The van der Waals surface area contributed by atoms with Gasteiger partial charge in [0.05, 0.1) is 10.9 Å². The van der Waals surface area contributed by atoms with Crippen LogP contribution < -0.4 is 5.32 Å². The number of fused-ring (bicyclic) bond motifs is 1. The molecule has 2 aliphatic rings. The molecule has 1 aromatic rings. The predicted octanol–water partition coefficient (Wildman–Crippen LogP) is 3.00. The Morgan fingerprint density at radius 1 is 1.38 bits per heavy atom. The summed E-state index contributed by atoms with van der Waals surface area (Å²) in [5, 5.41) is 2.91. The van der Waals surface area contributed by atoms with Crippen molar-refractivity contribution in [3.05, 3.63) is 34.6 Å². The van der Waals surface area contributed by atoms with Crippen LogP contribution in [0.5, 0.6) is 0 Å². The van der Waals surface area contributed by atoms with E-state index in [1.54, 1.807) is 6.07 Å². The summed E-state index contributed by atoms with van der Waals surface area (Å²) in [6.45, 7) is 0.273. The summed E-state index contributed by atoms with van der Waals surface area (Å²) in [6, 6.07) is 3.79. The molecule has 1 aliphatic heterocycles. The Morgan fingerprint density at radius 3 is 2.75 bits per heavy atom. The molecule has 3 atom stereocenters. The molecule has 1 aromatic carbocycles. The van der Waals surface area contributed by atoms with E-state index in [0.29, 0.717) is 5.56 Å². The molecule has 16 heavy (non-hydrogen) atoms. The van der Waals surface area contributed by atoms with Crippen molar-refractivity contribution in [2.24, 2.45) is 11.8 Å². The van der Waals surface area contributed by atoms with E-state index in [1.807, 2.05) is 0 Å². The first kappa shape index (κ1) is 10.4. The van der Waals surface area contributed by atoms with Crippen molar-refractivity contribution in [2.45, 2.75) is 12.0 Å². The highest BCUT2D eigenvalue weighted by Gasteiger charge is 2.73. The SMILES string of the molecule is Fc1cccc([C@@H]2NC[C@H]3[C@@H]2C3(F)F)c1Cl. The zero-order valence-electron chi connectivity index (χ0n) is 8.18. The number of halogens is 4. The molecule has 3 rings (SSSR count). The molecule has 0 radical (unpaired) electrons. The van der Waals surface area contributed by atoms with Crippen molar-refractivity contribution in [2.75, 3.05) is 6.54 Å². The molecule has 1 nitrogen and oxygen atoms in total. The molecule has 1 heterocycles. The van der Waals surface area contributed by atoms with Crippen LogP contribution in [0, 0.1) is 17.7 Å². The van der Waals surface area contributed by atoms with Gasteiger partial charge in [-0.3, -0.25) is 0 Å². The van der Waals surface area contributed by atoms with E-state index in [0.717, 1.165) is 0 Å². The zero-order valence-corrected chi connectivity index (χ0v) is 8.94. The summed E-state index contributed by atoms with van der Waals surface area (Å²) >= 11 is 5.79. The van der Waals surface area contributed by atoms with Crippen LogP contribution in [0.15, 0.2) is 18.2 Å². The van der Waals surface area contributed by atoms with Gasteiger partial charge in [0.25, 0.3) is 5.92 Å². The van der Waals surface area contributed by atoms with Gasteiger partial charge in [-0.1, -0.05) is 23.7 Å². The molecule has 1 saturated carbocycles. The second kappa shape index (κ2) is 3.14. The molecule has 0 spiro atoms. The quantitative estimate of drug-likeness (QED) is 0.804. The second-order valence-corrected chi connectivity index (χ2v) is 4.71. The van der Waals surface area contributed by atoms with Gasteiger partial charge in [0, 0.05) is 18.5 Å². The fourth-order valence-electron chi connectivity index (χ4n) is 2.58. The Bertz CT molecular complexity index is 449. The van der Waals surface area contributed by atoms with Crippen molar-refractivity contribution in [1.82, 2.24) is 5.32 Å². The first-order chi connectivity index (χ1) is 7.53. The Morgan fingerprint density at radius 2 is 2.12 bits per heavy atom. The van der Waals surface area contributed by atoms with Gasteiger partial charge in [0.1, 0.15) is 5.82 Å². The molecule has 2 fully saturated rings. The number of rotatable bonds is 1. The average molecular weight is 248 g/mol. The monoisotopic (exact) mass is 247 g/mol. The van der Waals surface area contributed by atoms with Crippen molar-refractivity contribution in [3.63, 3.8) is 0 Å². The molecule has 1 aliphatic carbocycles. The first-order valence-corrected chi connectivity index (χ1v) is 5.46. The highest BCUT2D eigenvalue weighted by molar-refractivity contribution is 6.31. The van der Waals surface area contributed by atoms with Crippen molar-refractivity contribution < 1.29 is 13.2 Å². The average Bonchev–Trinajstić information content (AvgIpc) is 2.65. The summed E-state index contributed by atoms with van der Waals surface area (Å²) in [5.41, 5.74) is 0.436. The van der Waals surface area contributed by atoms with Gasteiger partial charge in [-0.05, 0) is 11.6 Å². The van der Waals surface area contributed by atoms with Crippen LogP contribution in [-0.4, -0.2) is 12.5 Å². The van der Waals surface area contributed by atoms with E-state index >= 15 is 0 Å². The number of hydrogen-bond donors (Lipinski definition) is 1. The number of alkyl halides is 2. The van der Waals surface area contributed by atoms with Gasteiger partial charge in [0.15, 0.2) is 0 Å². The molecule has 1 saturated heterocycles. The summed E-state index contributed by atoms with van der Waals surface area (Å²) in [5.74, 6) is -4.53. The third-order valence-corrected chi connectivity index (χ3v) is 3.90. The predicted molar refractivity (Wildman–Crippen MR) is 54.1 cm³/mol. The zero-order chi connectivity index (χ0) is 11.5. The Hall–Kier alpha value is -0.740. The molecule has 0 bridgehead atoms. The van der Waals surface area contributed by atoms with Crippen molar-refractivity contribution in [1.29, 1.82) is 0 Å². The number of benzene rings is 1. The molecule has 86 valence electrons. The van der Waals surface area contributed by atoms with Gasteiger partial charge in [-0.2, -0.15) is 0 Å². The van der Waals surface area contributed by atoms with E-state index in [2.05, 4.69) is 5.32 Å². The third-order valence-electron chi connectivity index (χ3n) is 3.50. The Balaban J connectivity index is 1.97. The molecular weight excluding hydrogens is 239 g/mol. The lowest BCUT2D eigenvalue weighted by atomic mass is 10.0. The van der Waals surface area contributed by atoms with Crippen LogP contribution in [0.3, 0.4) is 0 Å². The van der Waals surface area contributed by atoms with Gasteiger partial charge in [-0.25, -0.2) is 13.2 Å². The lowest BCUT2D eigenvalue weighted by molar-refractivity contribution is 0.0669. The molecule has 0 aromatic heterocycles. The molecule has 1 N–H and O–H groups in total. The lowest BCUT2D eigenvalue weighted by Crippen LogP contribution is -2.25. The maximum atomic E-state index is 13.2. The van der Waals surface area contributed by atoms with E-state index in [-0.39, 0.29) is 11.6 Å². The summed E-state index contributed by atoms with van der Waals surface area (Å²) < 4.78 is 39.7. The number of piperidine rings is 1. The van der Waals surface area contributed by atoms with Crippen molar-refractivity contribution >= 4 is 11.6 Å². The Kier molecular flexibility index (Phi) is 2.04. The maximum Gasteiger partial charge on any atom is 0.257 e. The minimum absolute atomic E-state index is 0.0525. The molecular formula is C11H9ClF3N. The van der Waals surface area contributed by atoms with Gasteiger partial charge in [0.2, 0.25) is 0 Å². The van der Waals surface area contributed by atoms with E-state index in [9.17, 15) is 13.2 Å². The molecule has 0 amide bonds. The first-order valence-electron chi connectivity index (χ1n) is 5.08. The van der Waals surface area contributed by atoms with Crippen LogP contribution in [0.4, 0.5) is 13.2 Å². The van der Waals surface area contributed by atoms with Gasteiger partial charge >= 0.3 is 0 Å².